The van der Waals surface area contributed by atoms with Crippen LogP contribution in [0.25, 0.3) is 0 Å². The van der Waals surface area contributed by atoms with Crippen molar-refractivity contribution in [2.75, 3.05) is 19.7 Å². The monoisotopic (exact) mass is 215 g/mol. The Labute approximate surface area is 92.9 Å². The molecule has 1 aliphatic carbocycles. The van der Waals surface area contributed by atoms with E-state index in [1.165, 1.54) is 25.7 Å². The van der Waals surface area contributed by atoms with Crippen molar-refractivity contribution in [1.29, 1.82) is 0 Å². The van der Waals surface area contributed by atoms with E-state index >= 15 is 0 Å². The minimum Gasteiger partial charge on any atom is -0.396 e. The molecule has 15 heavy (non-hydrogen) atoms. The van der Waals surface area contributed by atoms with Crippen LogP contribution in [0.4, 0.5) is 0 Å². The van der Waals surface area contributed by atoms with Crippen LogP contribution in [0.3, 0.4) is 0 Å². The molecule has 0 aromatic heterocycles. The molecular formula is C12H25NO2. The number of aliphatic hydroxyl groups is 2. The topological polar surface area (TPSA) is 52.5 Å². The summed E-state index contributed by atoms with van der Waals surface area (Å²) in [6.45, 7) is 3.67. The van der Waals surface area contributed by atoms with Gasteiger partial charge in [0.05, 0.1) is 6.10 Å². The lowest BCUT2D eigenvalue weighted by Crippen LogP contribution is -2.32. The Kier molecular flexibility index (Phi) is 6.22. The van der Waals surface area contributed by atoms with Crippen molar-refractivity contribution in [2.24, 2.45) is 11.8 Å². The first kappa shape index (κ1) is 12.9. The Morgan fingerprint density at radius 3 is 2.53 bits per heavy atom. The van der Waals surface area contributed by atoms with Gasteiger partial charge in [0, 0.05) is 13.2 Å². The zero-order valence-electron chi connectivity index (χ0n) is 9.78. The maximum atomic E-state index is 9.77. The second-order valence-corrected chi connectivity index (χ2v) is 4.99. The molecule has 0 amide bonds. The molecule has 3 nitrogen and oxygen atoms in total. The lowest BCUT2D eigenvalue weighted by atomic mass is 10.00. The van der Waals surface area contributed by atoms with Crippen LogP contribution < -0.4 is 5.32 Å². The predicted octanol–water partition coefficient (Wildman–Crippen LogP) is 1.15. The first-order valence-corrected chi connectivity index (χ1v) is 6.22. The highest BCUT2D eigenvalue weighted by Crippen LogP contribution is 2.28. The summed E-state index contributed by atoms with van der Waals surface area (Å²) in [5, 5.41) is 21.8. The van der Waals surface area contributed by atoms with Crippen molar-refractivity contribution < 1.29 is 10.2 Å². The van der Waals surface area contributed by atoms with E-state index in [9.17, 15) is 5.11 Å². The molecule has 1 saturated carbocycles. The van der Waals surface area contributed by atoms with Crippen LogP contribution >= 0.6 is 0 Å². The fourth-order valence-electron chi connectivity index (χ4n) is 2.28. The van der Waals surface area contributed by atoms with Gasteiger partial charge >= 0.3 is 0 Å². The first-order valence-electron chi connectivity index (χ1n) is 6.22. The molecule has 0 aromatic carbocycles. The van der Waals surface area contributed by atoms with Gasteiger partial charge in [-0.3, -0.25) is 0 Å². The van der Waals surface area contributed by atoms with Crippen molar-refractivity contribution in [1.82, 2.24) is 5.32 Å². The molecule has 1 fully saturated rings. The van der Waals surface area contributed by atoms with E-state index in [1.54, 1.807) is 0 Å². The highest BCUT2D eigenvalue weighted by atomic mass is 16.3. The van der Waals surface area contributed by atoms with E-state index in [0.29, 0.717) is 6.54 Å². The molecule has 1 rings (SSSR count). The van der Waals surface area contributed by atoms with Gasteiger partial charge < -0.3 is 15.5 Å². The maximum absolute atomic E-state index is 9.77. The van der Waals surface area contributed by atoms with E-state index in [2.05, 4.69) is 5.32 Å². The summed E-state index contributed by atoms with van der Waals surface area (Å²) in [6, 6.07) is 0. The summed E-state index contributed by atoms with van der Waals surface area (Å²) in [5.74, 6) is 1.03. The van der Waals surface area contributed by atoms with Gasteiger partial charge in [0.1, 0.15) is 0 Å². The van der Waals surface area contributed by atoms with Crippen molar-refractivity contribution in [2.45, 2.75) is 45.1 Å². The third-order valence-electron chi connectivity index (χ3n) is 3.26. The molecule has 3 N–H and O–H groups in total. The highest BCUT2D eigenvalue weighted by Gasteiger charge is 2.18. The van der Waals surface area contributed by atoms with Crippen molar-refractivity contribution in [3.8, 4) is 0 Å². The van der Waals surface area contributed by atoms with Crippen LogP contribution in [-0.2, 0) is 0 Å². The normalized spacial score (nSPS) is 21.8. The minimum absolute atomic E-state index is 0.209. The molecule has 0 aliphatic heterocycles. The number of hydrogen-bond acceptors (Lipinski definition) is 3. The SMILES string of the molecule is CC(CO)CNCC(O)CC1CCCC1. The zero-order chi connectivity index (χ0) is 11.1. The number of hydrogen-bond donors (Lipinski definition) is 3. The van der Waals surface area contributed by atoms with Crippen LogP contribution in [-0.4, -0.2) is 36.0 Å². The number of aliphatic hydroxyl groups excluding tert-OH is 2. The molecular weight excluding hydrogens is 190 g/mol. The summed E-state index contributed by atoms with van der Waals surface area (Å²) >= 11 is 0. The highest BCUT2D eigenvalue weighted by molar-refractivity contribution is 4.72. The fraction of sp³-hybridized carbons (Fsp3) is 1.00. The molecule has 0 bridgehead atoms. The van der Waals surface area contributed by atoms with Crippen molar-refractivity contribution in [3.63, 3.8) is 0 Å². The Balaban J connectivity index is 2.00. The number of rotatable bonds is 7. The lowest BCUT2D eigenvalue weighted by Gasteiger charge is -2.17. The van der Waals surface area contributed by atoms with Crippen LogP contribution in [0.15, 0.2) is 0 Å². The van der Waals surface area contributed by atoms with Gasteiger partial charge in [-0.15, -0.1) is 0 Å². The van der Waals surface area contributed by atoms with Crippen LogP contribution in [0.5, 0.6) is 0 Å². The van der Waals surface area contributed by atoms with Crippen molar-refractivity contribution >= 4 is 0 Å². The average molecular weight is 215 g/mol. The Morgan fingerprint density at radius 1 is 1.27 bits per heavy atom. The van der Waals surface area contributed by atoms with E-state index in [1.807, 2.05) is 6.92 Å². The molecule has 0 radical (unpaired) electrons. The summed E-state index contributed by atoms with van der Waals surface area (Å²) in [6.07, 6.45) is 6.01. The summed E-state index contributed by atoms with van der Waals surface area (Å²) in [4.78, 5) is 0. The van der Waals surface area contributed by atoms with Gasteiger partial charge in [0.25, 0.3) is 0 Å². The van der Waals surface area contributed by atoms with Crippen LogP contribution in [0, 0.1) is 11.8 Å². The molecule has 0 heterocycles. The molecule has 0 saturated heterocycles. The standard InChI is InChI=1S/C12H25NO2/c1-10(9-14)7-13-8-12(15)6-11-4-2-3-5-11/h10-15H,2-9H2,1H3. The maximum Gasteiger partial charge on any atom is 0.0667 e. The van der Waals surface area contributed by atoms with Crippen LogP contribution in [0.2, 0.25) is 0 Å². The molecule has 90 valence electrons. The van der Waals surface area contributed by atoms with Crippen LogP contribution in [0.1, 0.15) is 39.0 Å². The Hall–Kier alpha value is -0.120. The quantitative estimate of drug-likeness (QED) is 0.597. The number of nitrogens with one attached hydrogen (secondary N) is 1. The Bertz CT molecular complexity index is 158. The lowest BCUT2D eigenvalue weighted by molar-refractivity contribution is 0.137. The molecule has 2 atom stereocenters. The van der Waals surface area contributed by atoms with E-state index in [0.717, 1.165) is 18.9 Å². The van der Waals surface area contributed by atoms with Gasteiger partial charge in [0.15, 0.2) is 0 Å². The van der Waals surface area contributed by atoms with Gasteiger partial charge in [-0.05, 0) is 24.8 Å². The summed E-state index contributed by atoms with van der Waals surface area (Å²) < 4.78 is 0. The van der Waals surface area contributed by atoms with E-state index in [-0.39, 0.29) is 18.6 Å². The second-order valence-electron chi connectivity index (χ2n) is 4.99. The smallest absolute Gasteiger partial charge is 0.0667 e. The molecule has 1 aliphatic rings. The largest absolute Gasteiger partial charge is 0.396 e. The average Bonchev–Trinajstić information content (AvgIpc) is 2.70. The first-order chi connectivity index (χ1) is 7.22. The Morgan fingerprint density at radius 2 is 1.93 bits per heavy atom. The van der Waals surface area contributed by atoms with E-state index in [4.69, 9.17) is 5.11 Å². The minimum atomic E-state index is -0.209. The van der Waals surface area contributed by atoms with Gasteiger partial charge in [-0.1, -0.05) is 32.6 Å². The predicted molar refractivity (Wildman–Crippen MR) is 61.7 cm³/mol. The van der Waals surface area contributed by atoms with Crippen molar-refractivity contribution in [3.05, 3.63) is 0 Å². The van der Waals surface area contributed by atoms with E-state index < -0.39 is 0 Å². The molecule has 3 heteroatoms. The summed E-state index contributed by atoms with van der Waals surface area (Å²) in [5.41, 5.74) is 0. The molecule has 2 unspecified atom stereocenters. The second kappa shape index (κ2) is 7.20. The zero-order valence-corrected chi connectivity index (χ0v) is 9.78. The molecule has 0 spiro atoms. The molecule has 0 aromatic rings. The fourth-order valence-corrected chi connectivity index (χ4v) is 2.28. The van der Waals surface area contributed by atoms with Gasteiger partial charge in [-0.25, -0.2) is 0 Å². The van der Waals surface area contributed by atoms with Gasteiger partial charge in [-0.2, -0.15) is 0 Å². The third-order valence-corrected chi connectivity index (χ3v) is 3.26. The van der Waals surface area contributed by atoms with Gasteiger partial charge in [0.2, 0.25) is 0 Å². The third kappa shape index (κ3) is 5.50. The summed E-state index contributed by atoms with van der Waals surface area (Å²) in [7, 11) is 0.